The number of carbonyl (C=O) groups excluding carboxylic acids is 1. The molecule has 4 rings (SSSR count). The molecular weight excluding hydrogens is 313 g/mol. The average molecular weight is 327 g/mol. The summed E-state index contributed by atoms with van der Waals surface area (Å²) < 4.78 is 13.4. The minimum absolute atomic E-state index is 0.000482. The number of carbonyl (C=O) groups is 1. The number of anilines is 1. The topological polar surface area (TPSA) is 49.0 Å². The van der Waals surface area contributed by atoms with Crippen LogP contribution in [0, 0.1) is 5.82 Å². The maximum absolute atomic E-state index is 13.4. The Bertz CT molecular complexity index is 843. The Balaban J connectivity index is 1.57. The van der Waals surface area contributed by atoms with Crippen molar-refractivity contribution < 1.29 is 9.18 Å². The summed E-state index contributed by atoms with van der Waals surface area (Å²) in [5, 5.41) is 2.01. The van der Waals surface area contributed by atoms with E-state index in [-0.39, 0.29) is 17.6 Å². The predicted octanol–water partition coefficient (Wildman–Crippen LogP) is 3.80. The molecule has 1 aliphatic rings. The van der Waals surface area contributed by atoms with Crippen LogP contribution >= 0.6 is 11.3 Å². The number of imidazole rings is 1. The summed E-state index contributed by atoms with van der Waals surface area (Å²) in [4.78, 5) is 22.8. The molecule has 0 radical (unpaired) electrons. The van der Waals surface area contributed by atoms with Gasteiger partial charge in [-0.2, -0.15) is 0 Å². The number of rotatable bonds is 3. The monoisotopic (exact) mass is 327 g/mol. The number of nitrogens with one attached hydrogen (secondary N) is 1. The quantitative estimate of drug-likeness (QED) is 0.795. The van der Waals surface area contributed by atoms with Crippen molar-refractivity contribution in [3.05, 3.63) is 59.6 Å². The fourth-order valence-electron chi connectivity index (χ4n) is 2.89. The molecule has 1 fully saturated rings. The lowest BCUT2D eigenvalue weighted by atomic mass is 10.1. The highest BCUT2D eigenvalue weighted by atomic mass is 32.1. The summed E-state index contributed by atoms with van der Waals surface area (Å²) in [6, 6.07) is 10.2. The smallest absolute Gasteiger partial charge is 0.227 e. The van der Waals surface area contributed by atoms with E-state index in [2.05, 4.69) is 9.97 Å². The number of thiophene rings is 1. The van der Waals surface area contributed by atoms with Gasteiger partial charge in [-0.3, -0.25) is 4.79 Å². The number of halogens is 1. The van der Waals surface area contributed by atoms with Crippen LogP contribution in [-0.2, 0) is 4.79 Å². The zero-order valence-corrected chi connectivity index (χ0v) is 13.0. The van der Waals surface area contributed by atoms with E-state index in [0.717, 1.165) is 16.4 Å². The van der Waals surface area contributed by atoms with Crippen molar-refractivity contribution in [1.29, 1.82) is 0 Å². The lowest BCUT2D eigenvalue weighted by Crippen LogP contribution is -2.24. The Morgan fingerprint density at radius 3 is 3.00 bits per heavy atom. The number of hydrogen-bond donors (Lipinski definition) is 1. The molecule has 0 unspecified atom stereocenters. The number of aromatic amines is 1. The first-order valence-corrected chi connectivity index (χ1v) is 8.23. The fourth-order valence-corrected chi connectivity index (χ4v) is 3.58. The third kappa shape index (κ3) is 2.66. The lowest BCUT2D eigenvalue weighted by Gasteiger charge is -2.16. The molecule has 1 N–H and O–H groups in total. The van der Waals surface area contributed by atoms with Gasteiger partial charge in [0.2, 0.25) is 5.91 Å². The van der Waals surface area contributed by atoms with E-state index in [0.29, 0.717) is 18.7 Å². The van der Waals surface area contributed by atoms with Crippen molar-refractivity contribution in [1.82, 2.24) is 9.97 Å². The molecule has 1 atom stereocenters. The zero-order valence-electron chi connectivity index (χ0n) is 12.2. The lowest BCUT2D eigenvalue weighted by molar-refractivity contribution is -0.117. The molecule has 3 aromatic rings. The Kier molecular flexibility index (Phi) is 3.46. The molecule has 0 aliphatic carbocycles. The number of hydrogen-bond acceptors (Lipinski definition) is 3. The van der Waals surface area contributed by atoms with Crippen LogP contribution in [0.25, 0.3) is 10.6 Å². The molecule has 0 saturated carbocycles. The first-order chi connectivity index (χ1) is 11.2. The standard InChI is InChI=1S/C17H14FN3OS/c18-12-3-1-4-13(8-12)21-10-11(7-16(21)22)17-19-9-14(20-17)15-5-2-6-23-15/h1-6,8-9,11H,7,10H2,(H,19,20)/t11-/m0/s1. The molecule has 0 spiro atoms. The van der Waals surface area contributed by atoms with Crippen molar-refractivity contribution in [2.75, 3.05) is 11.4 Å². The number of aromatic nitrogens is 2. The number of benzene rings is 1. The second-order valence-corrected chi connectivity index (χ2v) is 6.49. The summed E-state index contributed by atoms with van der Waals surface area (Å²) >= 11 is 1.64. The maximum atomic E-state index is 13.4. The highest BCUT2D eigenvalue weighted by Gasteiger charge is 2.33. The third-order valence-corrected chi connectivity index (χ3v) is 4.92. The molecule has 1 aromatic carbocycles. The first-order valence-electron chi connectivity index (χ1n) is 7.35. The number of H-pyrrole nitrogens is 1. The van der Waals surface area contributed by atoms with Crippen LogP contribution in [0.2, 0.25) is 0 Å². The van der Waals surface area contributed by atoms with Crippen molar-refractivity contribution >= 4 is 22.9 Å². The number of nitrogens with zero attached hydrogens (tertiary/aromatic N) is 2. The van der Waals surface area contributed by atoms with E-state index in [1.54, 1.807) is 34.6 Å². The molecule has 1 amide bonds. The van der Waals surface area contributed by atoms with Gasteiger partial charge >= 0.3 is 0 Å². The van der Waals surface area contributed by atoms with E-state index in [1.165, 1.54) is 12.1 Å². The Morgan fingerprint density at radius 1 is 1.30 bits per heavy atom. The van der Waals surface area contributed by atoms with Crippen LogP contribution in [0.4, 0.5) is 10.1 Å². The van der Waals surface area contributed by atoms with Gasteiger partial charge in [-0.25, -0.2) is 9.37 Å². The third-order valence-electron chi connectivity index (χ3n) is 4.01. The van der Waals surface area contributed by atoms with E-state index in [9.17, 15) is 9.18 Å². The van der Waals surface area contributed by atoms with Crippen molar-refractivity contribution in [2.24, 2.45) is 0 Å². The highest BCUT2D eigenvalue weighted by Crippen LogP contribution is 2.32. The Labute approximate surface area is 136 Å². The molecular formula is C17H14FN3OS. The molecule has 3 heterocycles. The van der Waals surface area contributed by atoms with Gasteiger partial charge in [-0.15, -0.1) is 11.3 Å². The first kappa shape index (κ1) is 14.1. The average Bonchev–Trinajstić information content (AvgIpc) is 3.27. The van der Waals surface area contributed by atoms with E-state index in [1.807, 2.05) is 17.5 Å². The second-order valence-electron chi connectivity index (χ2n) is 5.54. The van der Waals surface area contributed by atoms with Gasteiger partial charge in [0.15, 0.2) is 0 Å². The Hall–Kier alpha value is -2.47. The minimum Gasteiger partial charge on any atom is -0.341 e. The normalized spacial score (nSPS) is 17.9. The van der Waals surface area contributed by atoms with E-state index < -0.39 is 0 Å². The fraction of sp³-hybridized carbons (Fsp3) is 0.176. The van der Waals surface area contributed by atoms with Crippen molar-refractivity contribution in [3.8, 4) is 10.6 Å². The van der Waals surface area contributed by atoms with Crippen molar-refractivity contribution in [3.63, 3.8) is 0 Å². The molecule has 6 heteroatoms. The molecule has 0 bridgehead atoms. The summed E-state index contributed by atoms with van der Waals surface area (Å²) in [6.45, 7) is 0.514. The number of amides is 1. The maximum Gasteiger partial charge on any atom is 0.227 e. The summed E-state index contributed by atoms with van der Waals surface area (Å²) in [5.74, 6) is 0.464. The van der Waals surface area contributed by atoms with Gasteiger partial charge in [0.25, 0.3) is 0 Å². The summed E-state index contributed by atoms with van der Waals surface area (Å²) in [6.07, 6.45) is 2.18. The second kappa shape index (κ2) is 5.62. The predicted molar refractivity (Wildman–Crippen MR) is 88.0 cm³/mol. The molecule has 1 saturated heterocycles. The van der Waals surface area contributed by atoms with Gasteiger partial charge in [-0.1, -0.05) is 12.1 Å². The molecule has 116 valence electrons. The molecule has 2 aromatic heterocycles. The Morgan fingerprint density at radius 2 is 2.22 bits per heavy atom. The van der Waals surface area contributed by atoms with Gasteiger partial charge in [0, 0.05) is 24.6 Å². The van der Waals surface area contributed by atoms with Crippen LogP contribution in [0.5, 0.6) is 0 Å². The molecule has 23 heavy (non-hydrogen) atoms. The molecule has 1 aliphatic heterocycles. The highest BCUT2D eigenvalue weighted by molar-refractivity contribution is 7.13. The van der Waals surface area contributed by atoms with Gasteiger partial charge in [0.1, 0.15) is 11.6 Å². The van der Waals surface area contributed by atoms with Crippen molar-refractivity contribution in [2.45, 2.75) is 12.3 Å². The molecule has 4 nitrogen and oxygen atoms in total. The van der Waals surface area contributed by atoms with Crippen LogP contribution < -0.4 is 4.90 Å². The zero-order chi connectivity index (χ0) is 15.8. The summed E-state index contributed by atoms with van der Waals surface area (Å²) in [7, 11) is 0. The van der Waals surface area contributed by atoms with Crippen LogP contribution in [0.1, 0.15) is 18.2 Å². The SMILES string of the molecule is O=C1C[C@H](c2ncc(-c3cccs3)[nH]2)CN1c1cccc(F)c1. The van der Waals surface area contributed by atoms with Gasteiger partial charge in [-0.05, 0) is 29.6 Å². The van der Waals surface area contributed by atoms with Crippen LogP contribution in [0.3, 0.4) is 0 Å². The van der Waals surface area contributed by atoms with Crippen LogP contribution in [0.15, 0.2) is 48.0 Å². The van der Waals surface area contributed by atoms with Gasteiger partial charge in [0.05, 0.1) is 16.8 Å². The summed E-state index contributed by atoms with van der Waals surface area (Å²) in [5.41, 5.74) is 1.56. The minimum atomic E-state index is -0.336. The van der Waals surface area contributed by atoms with E-state index in [4.69, 9.17) is 0 Å². The van der Waals surface area contributed by atoms with Gasteiger partial charge < -0.3 is 9.88 Å². The van der Waals surface area contributed by atoms with E-state index >= 15 is 0 Å². The van der Waals surface area contributed by atoms with Crippen LogP contribution in [-0.4, -0.2) is 22.4 Å². The largest absolute Gasteiger partial charge is 0.341 e.